The van der Waals surface area contributed by atoms with Crippen LogP contribution in [-0.4, -0.2) is 21.0 Å². The van der Waals surface area contributed by atoms with Gasteiger partial charge in [0.2, 0.25) is 0 Å². The molecule has 0 bridgehead atoms. The van der Waals surface area contributed by atoms with Gasteiger partial charge in [-0.3, -0.25) is 0 Å². The molecule has 2 aromatic rings. The molecule has 0 atom stereocenters. The van der Waals surface area contributed by atoms with Gasteiger partial charge in [-0.25, -0.2) is 9.97 Å². The number of halogens is 1. The summed E-state index contributed by atoms with van der Waals surface area (Å²) < 4.78 is 0.932. The van der Waals surface area contributed by atoms with Gasteiger partial charge in [-0.05, 0) is 40.2 Å². The second-order valence-electron chi connectivity index (χ2n) is 3.29. The highest BCUT2D eigenvalue weighted by Crippen LogP contribution is 2.24. The first-order chi connectivity index (χ1) is 8.69. The van der Waals surface area contributed by atoms with Crippen molar-refractivity contribution in [3.05, 3.63) is 46.7 Å². The SMILES string of the molecule is NC(=NO)c1ccc(Sc2ccc(Br)cn2)nc1. The fourth-order valence-electron chi connectivity index (χ4n) is 1.18. The number of amidine groups is 1. The second-order valence-corrected chi connectivity index (χ2v) is 5.24. The van der Waals surface area contributed by atoms with Gasteiger partial charge in [-0.2, -0.15) is 0 Å². The van der Waals surface area contributed by atoms with E-state index in [0.29, 0.717) is 5.56 Å². The third-order valence-corrected chi connectivity index (χ3v) is 3.42. The van der Waals surface area contributed by atoms with Crippen LogP contribution in [0.25, 0.3) is 0 Å². The molecule has 2 rings (SSSR count). The second kappa shape index (κ2) is 5.83. The van der Waals surface area contributed by atoms with Crippen molar-refractivity contribution < 1.29 is 5.21 Å². The number of rotatable bonds is 3. The van der Waals surface area contributed by atoms with Crippen LogP contribution < -0.4 is 5.73 Å². The average molecular weight is 325 g/mol. The Balaban J connectivity index is 2.13. The fraction of sp³-hybridized carbons (Fsp3) is 0. The van der Waals surface area contributed by atoms with Crippen molar-refractivity contribution in [3.8, 4) is 0 Å². The summed E-state index contributed by atoms with van der Waals surface area (Å²) in [5.41, 5.74) is 6.02. The molecule has 18 heavy (non-hydrogen) atoms. The van der Waals surface area contributed by atoms with E-state index in [4.69, 9.17) is 10.9 Å². The smallest absolute Gasteiger partial charge is 0.171 e. The van der Waals surface area contributed by atoms with E-state index >= 15 is 0 Å². The minimum absolute atomic E-state index is 0.0424. The molecule has 0 unspecified atom stereocenters. The number of nitrogens with zero attached hydrogens (tertiary/aromatic N) is 3. The number of aromatic nitrogens is 2. The Labute approximate surface area is 116 Å². The Morgan fingerprint density at radius 1 is 1.17 bits per heavy atom. The van der Waals surface area contributed by atoms with Gasteiger partial charge in [-0.15, -0.1) is 0 Å². The Hall–Kier alpha value is -1.60. The summed E-state index contributed by atoms with van der Waals surface area (Å²) in [6.07, 6.45) is 3.28. The van der Waals surface area contributed by atoms with E-state index in [0.717, 1.165) is 14.5 Å². The molecule has 0 aliphatic carbocycles. The summed E-state index contributed by atoms with van der Waals surface area (Å²) >= 11 is 4.76. The summed E-state index contributed by atoms with van der Waals surface area (Å²) in [7, 11) is 0. The molecule has 7 heteroatoms. The fourth-order valence-corrected chi connectivity index (χ4v) is 2.11. The van der Waals surface area contributed by atoms with Crippen molar-refractivity contribution in [1.82, 2.24) is 9.97 Å². The molecule has 2 aromatic heterocycles. The highest BCUT2D eigenvalue weighted by Gasteiger charge is 2.03. The van der Waals surface area contributed by atoms with Crippen molar-refractivity contribution in [3.63, 3.8) is 0 Å². The van der Waals surface area contributed by atoms with Gasteiger partial charge in [0.25, 0.3) is 0 Å². The van der Waals surface area contributed by atoms with Crippen LogP contribution in [0.2, 0.25) is 0 Å². The lowest BCUT2D eigenvalue weighted by Gasteiger charge is -2.02. The monoisotopic (exact) mass is 324 g/mol. The van der Waals surface area contributed by atoms with Gasteiger partial charge in [0, 0.05) is 22.4 Å². The van der Waals surface area contributed by atoms with Gasteiger partial charge in [0.1, 0.15) is 10.1 Å². The third-order valence-electron chi connectivity index (χ3n) is 2.05. The summed E-state index contributed by atoms with van der Waals surface area (Å²) in [5, 5.41) is 13.1. The van der Waals surface area contributed by atoms with Crippen LogP contribution in [0, 0.1) is 0 Å². The lowest BCUT2D eigenvalue weighted by molar-refractivity contribution is 0.318. The average Bonchev–Trinajstić information content (AvgIpc) is 2.41. The number of nitrogens with two attached hydrogens (primary N) is 1. The largest absolute Gasteiger partial charge is 0.409 e. The van der Waals surface area contributed by atoms with Crippen LogP contribution in [-0.2, 0) is 0 Å². The molecule has 0 aromatic carbocycles. The molecule has 0 aliphatic rings. The Morgan fingerprint density at radius 3 is 2.33 bits per heavy atom. The highest BCUT2D eigenvalue weighted by atomic mass is 79.9. The van der Waals surface area contributed by atoms with Gasteiger partial charge in [0.05, 0.1) is 0 Å². The molecule has 5 nitrogen and oxygen atoms in total. The van der Waals surface area contributed by atoms with Gasteiger partial charge < -0.3 is 10.9 Å². The van der Waals surface area contributed by atoms with E-state index in [2.05, 4.69) is 31.1 Å². The first-order valence-corrected chi connectivity index (χ1v) is 6.53. The quantitative estimate of drug-likeness (QED) is 0.392. The predicted molar refractivity (Wildman–Crippen MR) is 72.8 cm³/mol. The Bertz CT molecular complexity index is 556. The zero-order valence-electron chi connectivity index (χ0n) is 9.12. The lowest BCUT2D eigenvalue weighted by Crippen LogP contribution is -2.13. The number of hydrogen-bond acceptors (Lipinski definition) is 5. The van der Waals surface area contributed by atoms with Crippen molar-refractivity contribution >= 4 is 33.5 Å². The lowest BCUT2D eigenvalue weighted by atomic mass is 10.3. The maximum absolute atomic E-state index is 8.53. The van der Waals surface area contributed by atoms with Crippen molar-refractivity contribution in [1.29, 1.82) is 0 Å². The molecule has 0 radical (unpaired) electrons. The third kappa shape index (κ3) is 3.21. The zero-order valence-corrected chi connectivity index (χ0v) is 11.5. The summed E-state index contributed by atoms with van der Waals surface area (Å²) in [6.45, 7) is 0. The summed E-state index contributed by atoms with van der Waals surface area (Å²) in [5.74, 6) is 0.0424. The van der Waals surface area contributed by atoms with Crippen LogP contribution in [0.5, 0.6) is 0 Å². The number of oxime groups is 1. The molecule has 92 valence electrons. The molecule has 0 saturated carbocycles. The molecule has 0 amide bonds. The van der Waals surface area contributed by atoms with E-state index in [1.165, 1.54) is 11.8 Å². The van der Waals surface area contributed by atoms with Crippen molar-refractivity contribution in [2.45, 2.75) is 10.1 Å². The number of pyridine rings is 2. The molecule has 0 saturated heterocycles. The maximum atomic E-state index is 8.53. The molecule has 0 spiro atoms. The predicted octanol–water partition coefficient (Wildman–Crippen LogP) is 2.48. The first kappa shape index (κ1) is 12.8. The van der Waals surface area contributed by atoms with Gasteiger partial charge >= 0.3 is 0 Å². The van der Waals surface area contributed by atoms with E-state index in [-0.39, 0.29) is 5.84 Å². The molecule has 0 fully saturated rings. The van der Waals surface area contributed by atoms with Crippen molar-refractivity contribution in [2.75, 3.05) is 0 Å². The maximum Gasteiger partial charge on any atom is 0.171 e. The van der Waals surface area contributed by atoms with Crippen LogP contribution >= 0.6 is 27.7 Å². The molecular weight excluding hydrogens is 316 g/mol. The molecule has 0 aliphatic heterocycles. The topological polar surface area (TPSA) is 84.4 Å². The normalized spacial score (nSPS) is 11.5. The minimum Gasteiger partial charge on any atom is -0.409 e. The summed E-state index contributed by atoms with van der Waals surface area (Å²) in [4.78, 5) is 8.44. The molecular formula is C11H9BrN4OS. The van der Waals surface area contributed by atoms with Crippen LogP contribution in [0.15, 0.2) is 56.3 Å². The van der Waals surface area contributed by atoms with Gasteiger partial charge in [0.15, 0.2) is 5.84 Å². The van der Waals surface area contributed by atoms with Crippen LogP contribution in [0.4, 0.5) is 0 Å². The van der Waals surface area contributed by atoms with E-state index in [9.17, 15) is 0 Å². The van der Waals surface area contributed by atoms with Crippen molar-refractivity contribution in [2.24, 2.45) is 10.9 Å². The molecule has 3 N–H and O–H groups in total. The van der Waals surface area contributed by atoms with Gasteiger partial charge in [-0.1, -0.05) is 16.9 Å². The van der Waals surface area contributed by atoms with Crippen LogP contribution in [0.3, 0.4) is 0 Å². The van der Waals surface area contributed by atoms with E-state index in [1.807, 2.05) is 12.1 Å². The zero-order chi connectivity index (χ0) is 13.0. The first-order valence-electron chi connectivity index (χ1n) is 4.92. The number of hydrogen-bond donors (Lipinski definition) is 2. The highest BCUT2D eigenvalue weighted by molar-refractivity contribution is 9.10. The van der Waals surface area contributed by atoms with E-state index in [1.54, 1.807) is 24.5 Å². The Morgan fingerprint density at radius 2 is 1.83 bits per heavy atom. The van der Waals surface area contributed by atoms with E-state index < -0.39 is 0 Å². The molecule has 2 heterocycles. The van der Waals surface area contributed by atoms with Crippen LogP contribution in [0.1, 0.15) is 5.56 Å². The minimum atomic E-state index is 0.0424. The Kier molecular flexibility index (Phi) is 4.16. The standard InChI is InChI=1S/C11H9BrN4OS/c12-8-2-4-10(15-6-8)18-9-3-1-7(5-14-9)11(13)16-17/h1-6,17H,(H2,13,16). The summed E-state index contributed by atoms with van der Waals surface area (Å²) in [6, 6.07) is 7.35.